The lowest BCUT2D eigenvalue weighted by molar-refractivity contribution is -0.141. The maximum Gasteiger partial charge on any atom is 0.258 e. The van der Waals surface area contributed by atoms with Crippen molar-refractivity contribution in [3.63, 3.8) is 0 Å². The van der Waals surface area contributed by atoms with E-state index in [2.05, 4.69) is 15.5 Å². The van der Waals surface area contributed by atoms with E-state index >= 15 is 0 Å². The minimum Gasteiger partial charge on any atom is -0.484 e. The zero-order valence-corrected chi connectivity index (χ0v) is 18.3. The van der Waals surface area contributed by atoms with E-state index in [1.54, 1.807) is 0 Å². The van der Waals surface area contributed by atoms with E-state index in [0.717, 1.165) is 18.2 Å². The smallest absolute Gasteiger partial charge is 0.258 e. The average Bonchev–Trinajstić information content (AvgIpc) is 2.66. The molecule has 0 atom stereocenters. The van der Waals surface area contributed by atoms with Gasteiger partial charge >= 0.3 is 0 Å². The quantitative estimate of drug-likeness (QED) is 0.655. The third kappa shape index (κ3) is 4.67. The molecule has 0 aliphatic heterocycles. The Morgan fingerprint density at radius 2 is 1.81 bits per heavy atom. The number of carbonyl (C=O) groups is 2. The first kappa shape index (κ1) is 21.6. The summed E-state index contributed by atoms with van der Waals surface area (Å²) >= 11 is 5.64. The number of ether oxygens (including phenoxy) is 1. The van der Waals surface area contributed by atoms with Crippen LogP contribution >= 0.6 is 11.6 Å². The highest BCUT2D eigenvalue weighted by Gasteiger charge is 2.69. The van der Waals surface area contributed by atoms with Crippen LogP contribution in [0.5, 0.6) is 5.75 Å². The molecule has 0 aromatic heterocycles. The molecule has 3 fully saturated rings. The van der Waals surface area contributed by atoms with E-state index < -0.39 is 5.82 Å². The van der Waals surface area contributed by atoms with Crippen molar-refractivity contribution in [3.05, 3.63) is 64.4 Å². The zero-order chi connectivity index (χ0) is 22.2. The second-order valence-corrected chi connectivity index (χ2v) is 9.30. The molecule has 0 radical (unpaired) electrons. The van der Waals surface area contributed by atoms with Crippen molar-refractivity contribution in [1.29, 1.82) is 0 Å². The van der Waals surface area contributed by atoms with Gasteiger partial charge in [0.1, 0.15) is 11.6 Å². The van der Waals surface area contributed by atoms with Crippen molar-refractivity contribution in [2.45, 2.75) is 36.9 Å². The first-order valence-corrected chi connectivity index (χ1v) is 10.5. The number of hydrogen-bond acceptors (Lipinski definition) is 4. The number of amides is 2. The highest BCUT2D eigenvalue weighted by atomic mass is 35.5. The van der Waals surface area contributed by atoms with Gasteiger partial charge in [-0.1, -0.05) is 23.7 Å². The van der Waals surface area contributed by atoms with E-state index in [1.807, 2.05) is 38.4 Å². The van der Waals surface area contributed by atoms with Gasteiger partial charge in [0, 0.05) is 29.3 Å². The molecule has 0 heterocycles. The van der Waals surface area contributed by atoms with Crippen LogP contribution in [0.1, 0.15) is 35.2 Å². The average molecular weight is 446 g/mol. The SMILES string of the molecule is CN(C)Cc1cccc(C(=O)NC23CC(NC(=O)COc4ccc(Cl)c(F)c4)(C2)C3)c1. The lowest BCUT2D eigenvalue weighted by Gasteiger charge is -2.70. The van der Waals surface area contributed by atoms with E-state index in [4.69, 9.17) is 16.3 Å². The molecule has 2 aromatic carbocycles. The molecule has 0 saturated heterocycles. The predicted octanol–water partition coefficient (Wildman–Crippen LogP) is 3.14. The number of nitrogens with one attached hydrogen (secondary N) is 2. The van der Waals surface area contributed by atoms with Crippen LogP contribution in [0.3, 0.4) is 0 Å². The standard InChI is InChI=1S/C23H25ClFN3O3/c1-28(2)10-15-4-3-5-16(8-15)21(30)27-23-12-22(13-23,14-23)26-20(29)11-31-17-6-7-18(24)19(25)9-17/h3-9H,10-14H2,1-2H3,(H,26,29)(H,27,30). The number of hydrogen-bond donors (Lipinski definition) is 2. The van der Waals surface area contributed by atoms with Gasteiger partial charge in [-0.05, 0) is 63.2 Å². The third-order valence-electron chi connectivity index (χ3n) is 5.76. The van der Waals surface area contributed by atoms with Crippen LogP contribution in [0.4, 0.5) is 4.39 Å². The fraction of sp³-hybridized carbons (Fsp3) is 0.391. The van der Waals surface area contributed by atoms with Gasteiger partial charge in [-0.15, -0.1) is 0 Å². The monoisotopic (exact) mass is 445 g/mol. The van der Waals surface area contributed by atoms with Crippen LogP contribution in [0.15, 0.2) is 42.5 Å². The second-order valence-electron chi connectivity index (χ2n) is 8.90. The molecule has 5 rings (SSSR count). The van der Waals surface area contributed by atoms with Crippen LogP contribution in [0.2, 0.25) is 5.02 Å². The van der Waals surface area contributed by atoms with Gasteiger partial charge in [-0.2, -0.15) is 0 Å². The summed E-state index contributed by atoms with van der Waals surface area (Å²) in [6.45, 7) is 0.562. The van der Waals surface area contributed by atoms with Crippen LogP contribution in [0, 0.1) is 5.82 Å². The van der Waals surface area contributed by atoms with Gasteiger partial charge < -0.3 is 20.3 Å². The Morgan fingerprint density at radius 1 is 1.10 bits per heavy atom. The minimum atomic E-state index is -0.594. The van der Waals surface area contributed by atoms with Gasteiger partial charge in [-0.25, -0.2) is 4.39 Å². The highest BCUT2D eigenvalue weighted by molar-refractivity contribution is 6.30. The van der Waals surface area contributed by atoms with Gasteiger partial charge in [0.25, 0.3) is 11.8 Å². The van der Waals surface area contributed by atoms with Crippen LogP contribution in [0.25, 0.3) is 0 Å². The molecule has 6 nitrogen and oxygen atoms in total. The fourth-order valence-corrected chi connectivity index (χ4v) is 4.71. The van der Waals surface area contributed by atoms with Gasteiger partial charge in [0.15, 0.2) is 6.61 Å². The molecule has 164 valence electrons. The lowest BCUT2D eigenvalue weighted by Crippen LogP contribution is -2.84. The minimum absolute atomic E-state index is 0.00226. The molecular formula is C23H25ClFN3O3. The molecule has 3 saturated carbocycles. The first-order valence-electron chi connectivity index (χ1n) is 10.1. The van der Waals surface area contributed by atoms with Gasteiger partial charge in [0.05, 0.1) is 5.02 Å². The topological polar surface area (TPSA) is 70.7 Å². The number of nitrogens with zero attached hydrogens (tertiary/aromatic N) is 1. The summed E-state index contributed by atoms with van der Waals surface area (Å²) < 4.78 is 18.8. The van der Waals surface area contributed by atoms with Crippen molar-refractivity contribution in [2.75, 3.05) is 20.7 Å². The number of benzene rings is 2. The molecule has 2 N–H and O–H groups in total. The molecule has 0 unspecified atom stereocenters. The fourth-order valence-electron chi connectivity index (χ4n) is 4.59. The molecule has 3 aliphatic rings. The van der Waals surface area contributed by atoms with E-state index in [-0.39, 0.29) is 40.3 Å². The zero-order valence-electron chi connectivity index (χ0n) is 17.5. The van der Waals surface area contributed by atoms with Gasteiger partial charge in [0.2, 0.25) is 0 Å². The Kier molecular flexibility index (Phi) is 5.66. The Morgan fingerprint density at radius 3 is 2.48 bits per heavy atom. The van der Waals surface area contributed by atoms with Crippen molar-refractivity contribution in [3.8, 4) is 5.75 Å². The van der Waals surface area contributed by atoms with Crippen molar-refractivity contribution < 1.29 is 18.7 Å². The molecule has 2 aromatic rings. The van der Waals surface area contributed by atoms with Crippen LogP contribution in [-0.2, 0) is 11.3 Å². The van der Waals surface area contributed by atoms with Crippen LogP contribution in [-0.4, -0.2) is 48.5 Å². The summed E-state index contributed by atoms with van der Waals surface area (Å²) in [7, 11) is 3.97. The Hall–Kier alpha value is -2.64. The normalized spacial score (nSPS) is 23.5. The maximum atomic E-state index is 13.4. The summed E-state index contributed by atoms with van der Waals surface area (Å²) in [6.07, 6.45) is 2.10. The number of carbonyl (C=O) groups excluding carboxylic acids is 2. The Balaban J connectivity index is 1.24. The summed E-state index contributed by atoms with van der Waals surface area (Å²) in [4.78, 5) is 27.0. The molecule has 2 amide bonds. The molecule has 2 bridgehead atoms. The van der Waals surface area contributed by atoms with Crippen molar-refractivity contribution in [1.82, 2.24) is 15.5 Å². The molecular weight excluding hydrogens is 421 g/mol. The maximum absolute atomic E-state index is 13.4. The lowest BCUT2D eigenvalue weighted by atomic mass is 9.44. The molecule has 3 aliphatic carbocycles. The largest absolute Gasteiger partial charge is 0.484 e. The van der Waals surface area contributed by atoms with Crippen LogP contribution < -0.4 is 15.4 Å². The van der Waals surface area contributed by atoms with Gasteiger partial charge in [-0.3, -0.25) is 9.59 Å². The number of rotatable bonds is 8. The summed E-state index contributed by atoms with van der Waals surface area (Å²) in [5.41, 5.74) is 1.19. The van der Waals surface area contributed by atoms with E-state index in [0.29, 0.717) is 24.8 Å². The van der Waals surface area contributed by atoms with Crippen molar-refractivity contribution >= 4 is 23.4 Å². The first-order chi connectivity index (χ1) is 14.7. The molecule has 8 heteroatoms. The van der Waals surface area contributed by atoms with E-state index in [9.17, 15) is 14.0 Å². The highest BCUT2D eigenvalue weighted by Crippen LogP contribution is 2.60. The summed E-state index contributed by atoms with van der Waals surface area (Å²) in [5.74, 6) is -0.710. The third-order valence-corrected chi connectivity index (χ3v) is 6.07. The Bertz CT molecular complexity index is 1010. The second kappa shape index (κ2) is 8.13. The Labute approximate surface area is 185 Å². The van der Waals surface area contributed by atoms with Crippen molar-refractivity contribution in [2.24, 2.45) is 0 Å². The van der Waals surface area contributed by atoms with E-state index in [1.165, 1.54) is 12.1 Å². The predicted molar refractivity (Wildman–Crippen MR) is 116 cm³/mol. The summed E-state index contributed by atoms with van der Waals surface area (Å²) in [6, 6.07) is 11.7. The number of halogens is 2. The molecule has 31 heavy (non-hydrogen) atoms. The summed E-state index contributed by atoms with van der Waals surface area (Å²) in [5, 5.41) is 6.12. The molecule has 0 spiro atoms.